The lowest BCUT2D eigenvalue weighted by Gasteiger charge is -2.30. The summed E-state index contributed by atoms with van der Waals surface area (Å²) in [6, 6.07) is 10.9. The molecular formula is C20H29N. The van der Waals surface area contributed by atoms with Crippen LogP contribution in [0.2, 0.25) is 0 Å². The molecule has 0 aliphatic carbocycles. The van der Waals surface area contributed by atoms with E-state index in [1.807, 2.05) is 0 Å². The van der Waals surface area contributed by atoms with E-state index < -0.39 is 0 Å². The van der Waals surface area contributed by atoms with Crippen molar-refractivity contribution in [2.45, 2.75) is 70.4 Å². The Morgan fingerprint density at radius 2 is 1.86 bits per heavy atom. The van der Waals surface area contributed by atoms with Crippen LogP contribution in [0.5, 0.6) is 0 Å². The summed E-state index contributed by atoms with van der Waals surface area (Å²) >= 11 is 0. The second kappa shape index (κ2) is 6.79. The number of nitrogens with zero attached hydrogens (tertiary/aromatic N) is 1. The fourth-order valence-corrected chi connectivity index (χ4v) is 3.90. The van der Waals surface area contributed by atoms with E-state index in [-0.39, 0.29) is 0 Å². The van der Waals surface area contributed by atoms with Crippen molar-refractivity contribution in [1.29, 1.82) is 0 Å². The molecule has 2 aliphatic rings. The van der Waals surface area contributed by atoms with Gasteiger partial charge in [-0.15, -0.1) is 0 Å². The molecule has 2 heterocycles. The Morgan fingerprint density at radius 1 is 1.05 bits per heavy atom. The van der Waals surface area contributed by atoms with Crippen LogP contribution in [0.25, 0.3) is 5.57 Å². The minimum absolute atomic E-state index is 0.687. The molecule has 2 aliphatic heterocycles. The van der Waals surface area contributed by atoms with Gasteiger partial charge in [-0.05, 0) is 55.9 Å². The molecule has 0 saturated carbocycles. The van der Waals surface area contributed by atoms with Crippen molar-refractivity contribution in [3.8, 4) is 0 Å². The van der Waals surface area contributed by atoms with E-state index >= 15 is 0 Å². The van der Waals surface area contributed by atoms with Crippen LogP contribution in [0, 0.1) is 0 Å². The van der Waals surface area contributed by atoms with Gasteiger partial charge in [0.2, 0.25) is 0 Å². The molecule has 114 valence electrons. The first-order valence-electron chi connectivity index (χ1n) is 8.80. The monoisotopic (exact) mass is 283 g/mol. The van der Waals surface area contributed by atoms with E-state index in [4.69, 9.17) is 0 Å². The summed E-state index contributed by atoms with van der Waals surface area (Å²) in [6.07, 6.45) is 13.1. The van der Waals surface area contributed by atoms with Crippen LogP contribution >= 0.6 is 0 Å². The Morgan fingerprint density at radius 3 is 2.57 bits per heavy atom. The molecule has 2 atom stereocenters. The van der Waals surface area contributed by atoms with Gasteiger partial charge < -0.3 is 0 Å². The average molecular weight is 283 g/mol. The van der Waals surface area contributed by atoms with Crippen LogP contribution in [0.4, 0.5) is 0 Å². The van der Waals surface area contributed by atoms with Crippen LogP contribution in [-0.2, 0) is 6.42 Å². The topological polar surface area (TPSA) is 3.24 Å². The first kappa shape index (κ1) is 14.8. The van der Waals surface area contributed by atoms with Gasteiger partial charge in [0, 0.05) is 12.1 Å². The number of unbranched alkanes of at least 4 members (excludes halogenated alkanes) is 3. The van der Waals surface area contributed by atoms with E-state index in [2.05, 4.69) is 49.2 Å². The molecule has 0 spiro atoms. The molecule has 1 heteroatoms. The molecule has 2 unspecified atom stereocenters. The third-order valence-corrected chi connectivity index (χ3v) is 5.39. The predicted octanol–water partition coefficient (Wildman–Crippen LogP) is 5.06. The lowest BCUT2D eigenvalue weighted by atomic mass is 9.94. The van der Waals surface area contributed by atoms with Crippen molar-refractivity contribution in [3.05, 3.63) is 41.5 Å². The van der Waals surface area contributed by atoms with Gasteiger partial charge >= 0.3 is 0 Å². The minimum atomic E-state index is 0.687. The summed E-state index contributed by atoms with van der Waals surface area (Å²) in [4.78, 5) is 2.56. The highest BCUT2D eigenvalue weighted by atomic mass is 15.2. The molecule has 1 fully saturated rings. The molecule has 1 aromatic rings. The molecule has 0 aromatic heterocycles. The number of hydrogen-bond acceptors (Lipinski definition) is 1. The summed E-state index contributed by atoms with van der Waals surface area (Å²) in [7, 11) is 2.29. The molecule has 0 radical (unpaired) electrons. The highest BCUT2D eigenvalue weighted by Crippen LogP contribution is 2.37. The summed E-state index contributed by atoms with van der Waals surface area (Å²) in [5.41, 5.74) is 4.54. The molecule has 2 bridgehead atoms. The number of likely N-dealkylation sites (N-methyl/N-ethyl adjacent to an activating group) is 1. The molecule has 0 N–H and O–H groups in total. The molecule has 21 heavy (non-hydrogen) atoms. The second-order valence-corrected chi connectivity index (χ2v) is 6.87. The van der Waals surface area contributed by atoms with Gasteiger partial charge in [0.25, 0.3) is 0 Å². The SMILES string of the molecule is CCCCCCc1ccc(C2=CC3CCC(C2)N3C)cc1. The largest absolute Gasteiger partial charge is 0.297 e. The maximum atomic E-state index is 2.56. The van der Waals surface area contributed by atoms with Crippen molar-refractivity contribution in [2.24, 2.45) is 0 Å². The summed E-state index contributed by atoms with van der Waals surface area (Å²) in [6.45, 7) is 2.28. The van der Waals surface area contributed by atoms with Gasteiger partial charge in [-0.25, -0.2) is 0 Å². The lowest BCUT2D eigenvalue weighted by Crippen LogP contribution is -2.34. The highest BCUT2D eigenvalue weighted by molar-refractivity contribution is 5.68. The summed E-state index contributed by atoms with van der Waals surface area (Å²) < 4.78 is 0. The second-order valence-electron chi connectivity index (χ2n) is 6.87. The normalized spacial score (nSPS) is 25.1. The lowest BCUT2D eigenvalue weighted by molar-refractivity contribution is 0.264. The standard InChI is InChI=1S/C20H29N/c1-3-4-5-6-7-16-8-10-17(11-9-16)18-14-19-12-13-20(15-18)21(19)2/h8-11,14,19-20H,3-7,12-13,15H2,1-2H3. The Bertz CT molecular complexity index is 485. The van der Waals surface area contributed by atoms with Crippen LogP contribution in [0.3, 0.4) is 0 Å². The number of fused-ring (bicyclic) bond motifs is 2. The zero-order valence-electron chi connectivity index (χ0n) is 13.6. The summed E-state index contributed by atoms with van der Waals surface area (Å²) in [5, 5.41) is 0. The number of benzene rings is 1. The fourth-order valence-electron chi connectivity index (χ4n) is 3.90. The first-order valence-corrected chi connectivity index (χ1v) is 8.80. The molecule has 1 nitrogen and oxygen atoms in total. The van der Waals surface area contributed by atoms with Crippen LogP contribution in [0.15, 0.2) is 30.3 Å². The molecule has 3 rings (SSSR count). The van der Waals surface area contributed by atoms with Crippen molar-refractivity contribution in [1.82, 2.24) is 4.90 Å². The van der Waals surface area contributed by atoms with Crippen LogP contribution < -0.4 is 0 Å². The maximum absolute atomic E-state index is 2.56. The molecule has 1 saturated heterocycles. The van der Waals surface area contributed by atoms with Crippen molar-refractivity contribution in [3.63, 3.8) is 0 Å². The summed E-state index contributed by atoms with van der Waals surface area (Å²) in [5.74, 6) is 0. The van der Waals surface area contributed by atoms with Gasteiger partial charge in [0.05, 0.1) is 0 Å². The highest BCUT2D eigenvalue weighted by Gasteiger charge is 2.33. The quantitative estimate of drug-likeness (QED) is 0.660. The maximum Gasteiger partial charge on any atom is 0.0284 e. The van der Waals surface area contributed by atoms with E-state index in [1.165, 1.54) is 62.5 Å². The fraction of sp³-hybridized carbons (Fsp3) is 0.600. The first-order chi connectivity index (χ1) is 10.3. The van der Waals surface area contributed by atoms with Crippen molar-refractivity contribution >= 4 is 5.57 Å². The predicted molar refractivity (Wildman–Crippen MR) is 91.5 cm³/mol. The van der Waals surface area contributed by atoms with E-state index in [0.717, 1.165) is 6.04 Å². The van der Waals surface area contributed by atoms with E-state index in [9.17, 15) is 0 Å². The molecule has 1 aromatic carbocycles. The van der Waals surface area contributed by atoms with Gasteiger partial charge in [-0.2, -0.15) is 0 Å². The van der Waals surface area contributed by atoms with Crippen LogP contribution in [0.1, 0.15) is 63.0 Å². The Balaban J connectivity index is 1.61. The van der Waals surface area contributed by atoms with Crippen molar-refractivity contribution < 1.29 is 0 Å². The molecule has 0 amide bonds. The van der Waals surface area contributed by atoms with E-state index in [1.54, 1.807) is 5.57 Å². The number of hydrogen-bond donors (Lipinski definition) is 0. The zero-order valence-corrected chi connectivity index (χ0v) is 13.6. The Hall–Kier alpha value is -1.08. The Kier molecular flexibility index (Phi) is 4.80. The number of aryl methyl sites for hydroxylation is 1. The third-order valence-electron chi connectivity index (χ3n) is 5.39. The van der Waals surface area contributed by atoms with Gasteiger partial charge in [-0.1, -0.05) is 56.5 Å². The third kappa shape index (κ3) is 3.40. The minimum Gasteiger partial charge on any atom is -0.297 e. The van der Waals surface area contributed by atoms with E-state index in [0.29, 0.717) is 6.04 Å². The molecular weight excluding hydrogens is 254 g/mol. The van der Waals surface area contributed by atoms with Crippen molar-refractivity contribution in [2.75, 3.05) is 7.05 Å². The van der Waals surface area contributed by atoms with Gasteiger partial charge in [-0.3, -0.25) is 4.90 Å². The number of rotatable bonds is 6. The van der Waals surface area contributed by atoms with Gasteiger partial charge in [0.15, 0.2) is 0 Å². The smallest absolute Gasteiger partial charge is 0.0284 e. The van der Waals surface area contributed by atoms with Crippen LogP contribution in [-0.4, -0.2) is 24.0 Å². The average Bonchev–Trinajstić information content (AvgIpc) is 2.74. The Labute approximate surface area is 130 Å². The van der Waals surface area contributed by atoms with Gasteiger partial charge in [0.1, 0.15) is 0 Å². The zero-order chi connectivity index (χ0) is 14.7.